The molecule has 0 aromatic carbocycles. The fraction of sp³-hybridized carbons (Fsp3) is 0.692. The molecule has 0 spiro atoms. The minimum atomic E-state index is 0.157. The van der Waals surface area contributed by atoms with E-state index in [9.17, 15) is 0 Å². The van der Waals surface area contributed by atoms with E-state index in [1.807, 2.05) is 27.7 Å². The zero-order chi connectivity index (χ0) is 13.0. The lowest BCUT2D eigenvalue weighted by Crippen LogP contribution is -2.14. The zero-order valence-electron chi connectivity index (χ0n) is 11.2. The highest BCUT2D eigenvalue weighted by atomic mass is 35.5. The topological polar surface area (TPSA) is 35.0 Å². The summed E-state index contributed by atoms with van der Waals surface area (Å²) in [6, 6.07) is 0. The van der Waals surface area contributed by atoms with Crippen LogP contribution in [0.2, 0.25) is 5.15 Å². The van der Waals surface area contributed by atoms with Crippen LogP contribution in [-0.4, -0.2) is 16.1 Å². The molecule has 1 atom stereocenters. The Morgan fingerprint density at radius 2 is 1.88 bits per heavy atom. The molecule has 0 aliphatic rings. The number of rotatable bonds is 5. The molecule has 1 aromatic heterocycles. The van der Waals surface area contributed by atoms with Crippen molar-refractivity contribution in [3.05, 3.63) is 16.5 Å². The number of hydrogen-bond donors (Lipinski definition) is 0. The average Bonchev–Trinajstić information content (AvgIpc) is 2.24. The molecule has 0 saturated heterocycles. The van der Waals surface area contributed by atoms with Gasteiger partial charge in [0.15, 0.2) is 0 Å². The third-order valence-electron chi connectivity index (χ3n) is 2.58. The predicted octanol–water partition coefficient (Wildman–Crippen LogP) is 4.13. The molecule has 4 heteroatoms. The van der Waals surface area contributed by atoms with Crippen molar-refractivity contribution in [3.8, 4) is 5.88 Å². The molecule has 1 aromatic rings. The summed E-state index contributed by atoms with van der Waals surface area (Å²) in [7, 11) is 0. The largest absolute Gasteiger partial charge is 0.474 e. The fourth-order valence-corrected chi connectivity index (χ4v) is 1.68. The predicted molar refractivity (Wildman–Crippen MR) is 70.9 cm³/mol. The van der Waals surface area contributed by atoms with Gasteiger partial charge in [-0.25, -0.2) is 4.98 Å². The maximum atomic E-state index is 6.09. The number of nitrogens with zero attached hydrogens (tertiary/aromatic N) is 2. The Labute approximate surface area is 109 Å². The van der Waals surface area contributed by atoms with Crippen molar-refractivity contribution in [2.45, 2.75) is 59.5 Å². The number of hydrogen-bond acceptors (Lipinski definition) is 3. The fourth-order valence-electron chi connectivity index (χ4n) is 1.51. The van der Waals surface area contributed by atoms with Gasteiger partial charge in [0.1, 0.15) is 11.0 Å². The van der Waals surface area contributed by atoms with Crippen LogP contribution in [0.5, 0.6) is 5.88 Å². The Balaban J connectivity index is 2.97. The minimum Gasteiger partial charge on any atom is -0.474 e. The van der Waals surface area contributed by atoms with E-state index in [-0.39, 0.29) is 12.0 Å². The first kappa shape index (κ1) is 14.2. The van der Waals surface area contributed by atoms with Crippen molar-refractivity contribution >= 4 is 11.6 Å². The van der Waals surface area contributed by atoms with Crippen molar-refractivity contribution in [2.24, 2.45) is 0 Å². The van der Waals surface area contributed by atoms with Crippen LogP contribution in [0, 0.1) is 6.92 Å². The third kappa shape index (κ3) is 3.84. The molecule has 0 bridgehead atoms. The van der Waals surface area contributed by atoms with Crippen molar-refractivity contribution in [1.82, 2.24) is 9.97 Å². The molecule has 0 aliphatic carbocycles. The van der Waals surface area contributed by atoms with E-state index < -0.39 is 0 Å². The first-order chi connectivity index (χ1) is 7.95. The lowest BCUT2D eigenvalue weighted by molar-refractivity contribution is 0.199. The lowest BCUT2D eigenvalue weighted by atomic mass is 10.2. The van der Waals surface area contributed by atoms with Gasteiger partial charge in [-0.05, 0) is 20.3 Å². The maximum Gasteiger partial charge on any atom is 0.221 e. The second-order valence-electron chi connectivity index (χ2n) is 4.67. The molecule has 3 nitrogen and oxygen atoms in total. The molecular formula is C13H21ClN2O. The third-order valence-corrected chi connectivity index (χ3v) is 2.95. The standard InChI is InChI=1S/C13H21ClN2O/c1-6-7-9(4)17-13-10(5)11(14)15-12(16-13)8(2)3/h8-9H,6-7H2,1-5H3. The van der Waals surface area contributed by atoms with E-state index >= 15 is 0 Å². The molecule has 1 unspecified atom stereocenters. The molecule has 0 N–H and O–H groups in total. The van der Waals surface area contributed by atoms with Gasteiger partial charge in [-0.3, -0.25) is 0 Å². The molecule has 1 rings (SSSR count). The second kappa shape index (κ2) is 6.20. The van der Waals surface area contributed by atoms with Crippen molar-refractivity contribution < 1.29 is 4.74 Å². The highest BCUT2D eigenvalue weighted by Gasteiger charge is 2.14. The molecular weight excluding hydrogens is 236 g/mol. The highest BCUT2D eigenvalue weighted by molar-refractivity contribution is 6.30. The first-order valence-electron chi connectivity index (χ1n) is 6.16. The summed E-state index contributed by atoms with van der Waals surface area (Å²) >= 11 is 6.09. The quantitative estimate of drug-likeness (QED) is 0.743. The summed E-state index contributed by atoms with van der Waals surface area (Å²) in [5.74, 6) is 1.60. The summed E-state index contributed by atoms with van der Waals surface area (Å²) < 4.78 is 5.82. The molecule has 0 aliphatic heterocycles. The number of halogens is 1. The first-order valence-corrected chi connectivity index (χ1v) is 6.54. The highest BCUT2D eigenvalue weighted by Crippen LogP contribution is 2.25. The lowest BCUT2D eigenvalue weighted by Gasteiger charge is -2.16. The Morgan fingerprint density at radius 3 is 2.41 bits per heavy atom. The van der Waals surface area contributed by atoms with E-state index in [4.69, 9.17) is 16.3 Å². The smallest absolute Gasteiger partial charge is 0.221 e. The van der Waals surface area contributed by atoms with Gasteiger partial charge >= 0.3 is 0 Å². The second-order valence-corrected chi connectivity index (χ2v) is 5.03. The SMILES string of the molecule is CCCC(C)Oc1nc(C(C)C)nc(Cl)c1C. The number of aromatic nitrogens is 2. The molecule has 96 valence electrons. The Hall–Kier alpha value is -0.830. The van der Waals surface area contributed by atoms with Gasteiger partial charge in [-0.1, -0.05) is 38.8 Å². The molecule has 17 heavy (non-hydrogen) atoms. The van der Waals surface area contributed by atoms with Crippen LogP contribution >= 0.6 is 11.6 Å². The van der Waals surface area contributed by atoms with Crippen LogP contribution in [-0.2, 0) is 0 Å². The van der Waals surface area contributed by atoms with Crippen LogP contribution in [0.1, 0.15) is 57.8 Å². The van der Waals surface area contributed by atoms with Gasteiger partial charge in [0.2, 0.25) is 5.88 Å². The summed E-state index contributed by atoms with van der Waals surface area (Å²) in [5, 5.41) is 0.488. The minimum absolute atomic E-state index is 0.157. The maximum absolute atomic E-state index is 6.09. The van der Waals surface area contributed by atoms with Crippen molar-refractivity contribution in [3.63, 3.8) is 0 Å². The summed E-state index contributed by atoms with van der Waals surface area (Å²) in [6.07, 6.45) is 2.26. The Kier molecular flexibility index (Phi) is 5.19. The van der Waals surface area contributed by atoms with Gasteiger partial charge in [0, 0.05) is 11.5 Å². The van der Waals surface area contributed by atoms with Gasteiger partial charge in [-0.15, -0.1) is 0 Å². The van der Waals surface area contributed by atoms with E-state index in [2.05, 4.69) is 16.9 Å². The zero-order valence-corrected chi connectivity index (χ0v) is 12.0. The van der Waals surface area contributed by atoms with Gasteiger partial charge < -0.3 is 4.74 Å². The Morgan fingerprint density at radius 1 is 1.24 bits per heavy atom. The van der Waals surface area contributed by atoms with E-state index in [0.29, 0.717) is 11.0 Å². The molecule has 0 saturated carbocycles. The van der Waals surface area contributed by atoms with Crippen LogP contribution in [0.25, 0.3) is 0 Å². The average molecular weight is 257 g/mol. The van der Waals surface area contributed by atoms with Crippen LogP contribution in [0.4, 0.5) is 0 Å². The monoisotopic (exact) mass is 256 g/mol. The van der Waals surface area contributed by atoms with E-state index in [1.165, 1.54) is 0 Å². The van der Waals surface area contributed by atoms with Gasteiger partial charge in [-0.2, -0.15) is 4.98 Å². The molecule has 1 heterocycles. The molecule has 0 fully saturated rings. The van der Waals surface area contributed by atoms with E-state index in [1.54, 1.807) is 0 Å². The van der Waals surface area contributed by atoms with Gasteiger partial charge in [0.25, 0.3) is 0 Å². The van der Waals surface area contributed by atoms with Gasteiger partial charge in [0.05, 0.1) is 6.10 Å². The number of ether oxygens (including phenoxy) is 1. The normalized spacial score (nSPS) is 12.9. The van der Waals surface area contributed by atoms with Crippen molar-refractivity contribution in [1.29, 1.82) is 0 Å². The summed E-state index contributed by atoms with van der Waals surface area (Å²) in [5.41, 5.74) is 0.819. The van der Waals surface area contributed by atoms with Crippen LogP contribution in [0.15, 0.2) is 0 Å². The summed E-state index contributed by atoms with van der Waals surface area (Å²) in [6.45, 7) is 10.2. The van der Waals surface area contributed by atoms with Crippen molar-refractivity contribution in [2.75, 3.05) is 0 Å². The van der Waals surface area contributed by atoms with Crippen LogP contribution in [0.3, 0.4) is 0 Å². The molecule has 0 amide bonds. The molecule has 0 radical (unpaired) electrons. The van der Waals surface area contributed by atoms with E-state index in [0.717, 1.165) is 24.2 Å². The Bertz CT molecular complexity index is 380. The van der Waals surface area contributed by atoms with Crippen LogP contribution < -0.4 is 4.74 Å². The summed E-state index contributed by atoms with van der Waals surface area (Å²) in [4.78, 5) is 8.70.